The zero-order valence-electron chi connectivity index (χ0n) is 10.5. The molecule has 7 heteroatoms. The first kappa shape index (κ1) is 15.1. The van der Waals surface area contributed by atoms with Gasteiger partial charge >= 0.3 is 0 Å². The second-order valence-electron chi connectivity index (χ2n) is 4.11. The highest BCUT2D eigenvalue weighted by Crippen LogP contribution is 2.29. The van der Waals surface area contributed by atoms with Crippen LogP contribution in [0.1, 0.15) is 17.3 Å². The van der Waals surface area contributed by atoms with Gasteiger partial charge in [0.2, 0.25) is 0 Å². The number of nitro benzene ring substituents is 1. The van der Waals surface area contributed by atoms with Gasteiger partial charge in [0.15, 0.2) is 0 Å². The lowest BCUT2D eigenvalue weighted by Crippen LogP contribution is -2.31. The maximum atomic E-state index is 12.2. The van der Waals surface area contributed by atoms with Crippen LogP contribution in [0.2, 0.25) is 0 Å². The number of amides is 1. The van der Waals surface area contributed by atoms with E-state index < -0.39 is 4.92 Å². The average molecular weight is 326 g/mol. The minimum absolute atomic E-state index is 0.154. The molecule has 19 heavy (non-hydrogen) atoms. The number of hydrogen-bond acceptors (Lipinski definition) is 4. The van der Waals surface area contributed by atoms with E-state index in [0.717, 1.165) is 0 Å². The van der Waals surface area contributed by atoms with E-state index in [2.05, 4.69) is 15.9 Å². The van der Waals surface area contributed by atoms with Gasteiger partial charge in [-0.15, -0.1) is 0 Å². The van der Waals surface area contributed by atoms with Crippen molar-refractivity contribution in [3.05, 3.63) is 38.3 Å². The topological polar surface area (TPSA) is 87.2 Å². The van der Waals surface area contributed by atoms with Crippen molar-refractivity contribution in [1.82, 2.24) is 4.90 Å². The van der Waals surface area contributed by atoms with Crippen LogP contribution in [0.15, 0.2) is 22.7 Å². The summed E-state index contributed by atoms with van der Waals surface area (Å²) >= 11 is 3.08. The molecular formula is C12H12BrN3O3. The number of carbonyl (C=O) groups is 1. The summed E-state index contributed by atoms with van der Waals surface area (Å²) in [6.07, 6.45) is 0. The van der Waals surface area contributed by atoms with Crippen molar-refractivity contribution in [2.45, 2.75) is 6.92 Å². The fourth-order valence-electron chi connectivity index (χ4n) is 1.57. The molecule has 0 saturated carbocycles. The van der Waals surface area contributed by atoms with Crippen molar-refractivity contribution in [2.75, 3.05) is 13.6 Å². The minimum atomic E-state index is -0.557. The Labute approximate surface area is 118 Å². The van der Waals surface area contributed by atoms with E-state index in [4.69, 9.17) is 5.26 Å². The molecule has 1 atom stereocenters. The third-order valence-corrected chi connectivity index (χ3v) is 3.35. The van der Waals surface area contributed by atoms with E-state index in [1.165, 1.54) is 23.1 Å². The minimum Gasteiger partial charge on any atom is -0.340 e. The molecular weight excluding hydrogens is 314 g/mol. The number of nitrogens with zero attached hydrogens (tertiary/aromatic N) is 3. The quantitative estimate of drug-likeness (QED) is 0.628. The Morgan fingerprint density at radius 2 is 2.26 bits per heavy atom. The van der Waals surface area contributed by atoms with Gasteiger partial charge in [-0.25, -0.2) is 0 Å². The van der Waals surface area contributed by atoms with Gasteiger partial charge in [-0.05, 0) is 28.9 Å². The van der Waals surface area contributed by atoms with Crippen LogP contribution in [-0.2, 0) is 0 Å². The fraction of sp³-hybridized carbons (Fsp3) is 0.333. The lowest BCUT2D eigenvalue weighted by atomic mass is 10.1. The van der Waals surface area contributed by atoms with Crippen LogP contribution in [0.25, 0.3) is 0 Å². The molecule has 1 unspecified atom stereocenters. The summed E-state index contributed by atoms with van der Waals surface area (Å²) in [4.78, 5) is 23.8. The number of hydrogen-bond donors (Lipinski definition) is 0. The molecule has 1 aromatic rings. The van der Waals surface area contributed by atoms with Crippen LogP contribution >= 0.6 is 15.9 Å². The van der Waals surface area contributed by atoms with Crippen LogP contribution in [0.5, 0.6) is 0 Å². The van der Waals surface area contributed by atoms with E-state index in [9.17, 15) is 14.9 Å². The zero-order chi connectivity index (χ0) is 14.6. The first-order chi connectivity index (χ1) is 8.88. The van der Waals surface area contributed by atoms with Crippen LogP contribution in [0.3, 0.4) is 0 Å². The third-order valence-electron chi connectivity index (χ3n) is 2.52. The molecule has 0 aliphatic heterocycles. The largest absolute Gasteiger partial charge is 0.340 e. The van der Waals surface area contributed by atoms with Crippen molar-refractivity contribution >= 4 is 27.5 Å². The normalized spacial score (nSPS) is 11.5. The molecule has 0 N–H and O–H groups in total. The Balaban J connectivity index is 3.04. The van der Waals surface area contributed by atoms with Gasteiger partial charge in [-0.2, -0.15) is 5.26 Å². The molecule has 0 aliphatic carbocycles. The number of halogens is 1. The molecule has 6 nitrogen and oxygen atoms in total. The number of nitro groups is 1. The second kappa shape index (κ2) is 6.29. The van der Waals surface area contributed by atoms with Crippen molar-refractivity contribution in [3.63, 3.8) is 0 Å². The number of carbonyl (C=O) groups excluding carboxylic acids is 1. The van der Waals surface area contributed by atoms with E-state index in [-0.39, 0.29) is 34.1 Å². The lowest BCUT2D eigenvalue weighted by molar-refractivity contribution is -0.385. The molecule has 0 bridgehead atoms. The first-order valence-electron chi connectivity index (χ1n) is 5.46. The molecule has 0 fully saturated rings. The van der Waals surface area contributed by atoms with E-state index in [0.29, 0.717) is 0 Å². The maximum absolute atomic E-state index is 12.2. The van der Waals surface area contributed by atoms with Crippen LogP contribution in [-0.4, -0.2) is 29.3 Å². The molecule has 0 aromatic heterocycles. The predicted molar refractivity (Wildman–Crippen MR) is 72.5 cm³/mol. The van der Waals surface area contributed by atoms with Gasteiger partial charge in [-0.1, -0.05) is 6.07 Å². The first-order valence-corrected chi connectivity index (χ1v) is 6.25. The van der Waals surface area contributed by atoms with Crippen molar-refractivity contribution in [2.24, 2.45) is 5.92 Å². The Morgan fingerprint density at radius 1 is 1.63 bits per heavy atom. The van der Waals surface area contributed by atoms with E-state index in [1.54, 1.807) is 14.0 Å². The monoisotopic (exact) mass is 325 g/mol. The average Bonchev–Trinajstić information content (AvgIpc) is 2.37. The summed E-state index contributed by atoms with van der Waals surface area (Å²) < 4.78 is 0.154. The lowest BCUT2D eigenvalue weighted by Gasteiger charge is -2.18. The SMILES string of the molecule is CC(C#N)CN(C)C(=O)c1cccc([N+](=O)[O-])c1Br. The molecule has 0 aliphatic rings. The Bertz CT molecular complexity index is 554. The Hall–Kier alpha value is -1.94. The molecule has 0 heterocycles. The smallest absolute Gasteiger partial charge is 0.284 e. The third kappa shape index (κ3) is 3.51. The van der Waals surface area contributed by atoms with Gasteiger partial charge in [0, 0.05) is 19.7 Å². The highest BCUT2D eigenvalue weighted by Gasteiger charge is 2.22. The van der Waals surface area contributed by atoms with Gasteiger partial charge in [-0.3, -0.25) is 14.9 Å². The zero-order valence-corrected chi connectivity index (χ0v) is 12.0. The van der Waals surface area contributed by atoms with E-state index in [1.807, 2.05) is 6.07 Å². The van der Waals surface area contributed by atoms with Gasteiger partial charge in [0.05, 0.1) is 22.5 Å². The molecule has 100 valence electrons. The van der Waals surface area contributed by atoms with Gasteiger partial charge in [0.1, 0.15) is 4.47 Å². The summed E-state index contributed by atoms with van der Waals surface area (Å²) in [7, 11) is 1.56. The predicted octanol–water partition coefficient (Wildman–Crippen LogP) is 2.59. The Kier molecular flexibility index (Phi) is 5.01. The van der Waals surface area contributed by atoms with Gasteiger partial charge in [0.25, 0.3) is 11.6 Å². The molecule has 1 aromatic carbocycles. The summed E-state index contributed by atoms with van der Waals surface area (Å²) in [5.41, 5.74) is 0.0504. The summed E-state index contributed by atoms with van der Waals surface area (Å²) in [6.45, 7) is 1.97. The summed E-state index contributed by atoms with van der Waals surface area (Å²) in [6, 6.07) is 6.31. The number of rotatable bonds is 4. The number of nitriles is 1. The van der Waals surface area contributed by atoms with Gasteiger partial charge < -0.3 is 4.90 Å². The second-order valence-corrected chi connectivity index (χ2v) is 4.90. The van der Waals surface area contributed by atoms with Crippen LogP contribution in [0, 0.1) is 27.4 Å². The highest BCUT2D eigenvalue weighted by molar-refractivity contribution is 9.10. The van der Waals surface area contributed by atoms with Crippen molar-refractivity contribution in [3.8, 4) is 6.07 Å². The summed E-state index contributed by atoms with van der Waals surface area (Å²) in [5.74, 6) is -0.663. The number of benzene rings is 1. The van der Waals surface area contributed by atoms with Crippen LogP contribution < -0.4 is 0 Å². The van der Waals surface area contributed by atoms with Crippen molar-refractivity contribution in [1.29, 1.82) is 5.26 Å². The van der Waals surface area contributed by atoms with E-state index >= 15 is 0 Å². The summed E-state index contributed by atoms with van der Waals surface area (Å²) in [5, 5.41) is 19.5. The maximum Gasteiger partial charge on any atom is 0.284 e. The molecule has 0 spiro atoms. The van der Waals surface area contributed by atoms with Crippen molar-refractivity contribution < 1.29 is 9.72 Å². The molecule has 1 amide bonds. The molecule has 0 radical (unpaired) electrons. The Morgan fingerprint density at radius 3 is 2.79 bits per heavy atom. The molecule has 1 rings (SSSR count). The fourth-order valence-corrected chi connectivity index (χ4v) is 2.14. The standard InChI is InChI=1S/C12H12BrN3O3/c1-8(6-14)7-15(2)12(17)9-4-3-5-10(11(9)13)16(18)19/h3-5,8H,7H2,1-2H3. The molecule has 0 saturated heterocycles. The van der Waals surface area contributed by atoms with Crippen LogP contribution in [0.4, 0.5) is 5.69 Å². The highest BCUT2D eigenvalue weighted by atomic mass is 79.9.